The van der Waals surface area contributed by atoms with E-state index >= 15 is 0 Å². The fraction of sp³-hybridized carbons (Fsp3) is 0.350. The number of nitrogens with zero attached hydrogens (tertiary/aromatic N) is 1. The molecule has 0 aliphatic carbocycles. The average Bonchev–Trinajstić information content (AvgIpc) is 3.26. The maximum absolute atomic E-state index is 12.8. The lowest BCUT2D eigenvalue weighted by Gasteiger charge is -2.18. The molecule has 1 saturated heterocycles. The van der Waals surface area contributed by atoms with Gasteiger partial charge in [-0.25, -0.2) is 13.1 Å². The first-order chi connectivity index (χ1) is 13.4. The fourth-order valence-corrected chi connectivity index (χ4v) is 4.73. The lowest BCUT2D eigenvalue weighted by Crippen LogP contribution is -2.29. The van der Waals surface area contributed by atoms with Crippen molar-refractivity contribution in [3.05, 3.63) is 53.6 Å². The van der Waals surface area contributed by atoms with Crippen LogP contribution in [0.25, 0.3) is 0 Å². The second kappa shape index (κ2) is 8.98. The van der Waals surface area contributed by atoms with Crippen molar-refractivity contribution in [1.82, 2.24) is 9.62 Å². The van der Waals surface area contributed by atoms with Gasteiger partial charge in [0.25, 0.3) is 5.91 Å². The van der Waals surface area contributed by atoms with Gasteiger partial charge in [-0.1, -0.05) is 12.1 Å². The minimum absolute atomic E-state index is 0.0985. The molecule has 0 saturated carbocycles. The Kier molecular flexibility index (Phi) is 6.64. The molecule has 0 aromatic heterocycles. The average molecular weight is 421 g/mol. The third-order valence-electron chi connectivity index (χ3n) is 4.73. The Labute approximate surface area is 170 Å². The maximum Gasteiger partial charge on any atom is 0.255 e. The number of ether oxygens (including phenoxy) is 1. The van der Waals surface area contributed by atoms with Gasteiger partial charge in [0.2, 0.25) is 10.0 Å². The van der Waals surface area contributed by atoms with Gasteiger partial charge in [0.05, 0.1) is 17.6 Å². The van der Waals surface area contributed by atoms with Gasteiger partial charge in [-0.05, 0) is 55.0 Å². The Balaban J connectivity index is 1.80. The molecule has 2 aromatic rings. The summed E-state index contributed by atoms with van der Waals surface area (Å²) in [5.74, 6) is 0.610. The molecule has 1 aliphatic heterocycles. The van der Waals surface area contributed by atoms with Gasteiger partial charge < -0.3 is 9.64 Å². The summed E-state index contributed by atoms with van der Waals surface area (Å²) in [4.78, 5) is 15.5. The van der Waals surface area contributed by atoms with E-state index in [0.717, 1.165) is 36.4 Å². The van der Waals surface area contributed by atoms with E-state index in [1.165, 1.54) is 17.8 Å². The van der Waals surface area contributed by atoms with E-state index in [1.807, 2.05) is 6.26 Å². The quantitative estimate of drug-likeness (QED) is 0.697. The van der Waals surface area contributed by atoms with Crippen molar-refractivity contribution >= 4 is 27.7 Å². The number of rotatable bonds is 7. The van der Waals surface area contributed by atoms with E-state index in [0.29, 0.717) is 11.3 Å². The molecule has 1 amide bonds. The Morgan fingerprint density at radius 2 is 1.82 bits per heavy atom. The molecule has 1 heterocycles. The highest BCUT2D eigenvalue weighted by atomic mass is 32.2. The summed E-state index contributed by atoms with van der Waals surface area (Å²) in [5.41, 5.74) is 1.26. The van der Waals surface area contributed by atoms with Crippen LogP contribution in [0.1, 0.15) is 28.8 Å². The predicted octanol–water partition coefficient (Wildman–Crippen LogP) is 3.13. The van der Waals surface area contributed by atoms with Crippen LogP contribution in [0.4, 0.5) is 0 Å². The van der Waals surface area contributed by atoms with Gasteiger partial charge in [-0.2, -0.15) is 0 Å². The number of thioether (sulfide) groups is 1. The van der Waals surface area contributed by atoms with E-state index in [4.69, 9.17) is 4.74 Å². The van der Waals surface area contributed by atoms with Crippen LogP contribution in [0.2, 0.25) is 0 Å². The highest BCUT2D eigenvalue weighted by molar-refractivity contribution is 7.98. The van der Waals surface area contributed by atoms with Crippen molar-refractivity contribution in [2.24, 2.45) is 0 Å². The molecular formula is C20H24N2O4S2. The molecule has 0 atom stereocenters. The van der Waals surface area contributed by atoms with Crippen molar-refractivity contribution in [2.75, 3.05) is 26.5 Å². The number of likely N-dealkylation sites (tertiary alicyclic amines) is 1. The zero-order chi connectivity index (χ0) is 20.1. The Hall–Kier alpha value is -2.03. The third kappa shape index (κ3) is 4.68. The second-order valence-corrected chi connectivity index (χ2v) is 9.15. The summed E-state index contributed by atoms with van der Waals surface area (Å²) in [6.07, 6.45) is 3.86. The molecule has 1 aliphatic rings. The minimum atomic E-state index is -3.74. The molecule has 1 N–H and O–H groups in total. The van der Waals surface area contributed by atoms with Crippen LogP contribution < -0.4 is 9.46 Å². The van der Waals surface area contributed by atoms with Crippen LogP contribution in [0.15, 0.2) is 52.3 Å². The summed E-state index contributed by atoms with van der Waals surface area (Å²) in [7, 11) is -2.16. The van der Waals surface area contributed by atoms with E-state index in [2.05, 4.69) is 4.72 Å². The molecule has 3 rings (SSSR count). The first-order valence-corrected chi connectivity index (χ1v) is 11.8. The molecular weight excluding hydrogens is 396 g/mol. The minimum Gasteiger partial charge on any atom is -0.497 e. The van der Waals surface area contributed by atoms with Gasteiger partial charge in [0.15, 0.2) is 0 Å². The summed E-state index contributed by atoms with van der Waals surface area (Å²) in [5, 5.41) is 0. The highest BCUT2D eigenvalue weighted by Gasteiger charge is 2.24. The molecule has 0 bridgehead atoms. The maximum atomic E-state index is 12.8. The number of sulfonamides is 1. The van der Waals surface area contributed by atoms with Crippen molar-refractivity contribution in [3.8, 4) is 5.75 Å². The molecule has 8 heteroatoms. The van der Waals surface area contributed by atoms with E-state index in [-0.39, 0.29) is 17.3 Å². The zero-order valence-electron chi connectivity index (χ0n) is 16.0. The third-order valence-corrected chi connectivity index (χ3v) is 6.93. The van der Waals surface area contributed by atoms with E-state index < -0.39 is 10.0 Å². The number of carbonyl (C=O) groups excluding carboxylic acids is 1. The SMILES string of the molecule is COc1ccc(CNS(=O)(=O)c2ccc(SC)c(C(=O)N3CCCC3)c2)cc1. The number of methoxy groups -OCH3 is 1. The first-order valence-electron chi connectivity index (χ1n) is 9.04. The summed E-state index contributed by atoms with van der Waals surface area (Å²) >= 11 is 1.44. The van der Waals surface area contributed by atoms with Gasteiger partial charge >= 0.3 is 0 Å². The topological polar surface area (TPSA) is 75.7 Å². The van der Waals surface area contributed by atoms with Crippen molar-refractivity contribution < 1.29 is 17.9 Å². The van der Waals surface area contributed by atoms with Gasteiger partial charge in [0.1, 0.15) is 5.75 Å². The normalized spacial score (nSPS) is 14.3. The fourth-order valence-electron chi connectivity index (χ4n) is 3.12. The smallest absolute Gasteiger partial charge is 0.255 e. The molecule has 0 unspecified atom stereocenters. The molecule has 1 fully saturated rings. The molecule has 150 valence electrons. The summed E-state index contributed by atoms with van der Waals surface area (Å²) in [6.45, 7) is 1.60. The standard InChI is InChI=1S/C20H24N2O4S2/c1-26-16-7-5-15(6-8-16)14-21-28(24,25)17-9-10-19(27-2)18(13-17)20(23)22-11-3-4-12-22/h5-10,13,21H,3-4,11-12,14H2,1-2H3. The predicted molar refractivity (Wildman–Crippen MR) is 110 cm³/mol. The second-order valence-electron chi connectivity index (χ2n) is 6.53. The molecule has 0 spiro atoms. The number of carbonyl (C=O) groups is 1. The van der Waals surface area contributed by atoms with Crippen molar-refractivity contribution in [2.45, 2.75) is 29.2 Å². The molecule has 2 aromatic carbocycles. The molecule has 6 nitrogen and oxygen atoms in total. The van der Waals surface area contributed by atoms with Crippen LogP contribution in [-0.2, 0) is 16.6 Å². The van der Waals surface area contributed by atoms with Gasteiger partial charge in [-0.15, -0.1) is 11.8 Å². The lowest BCUT2D eigenvalue weighted by atomic mass is 10.2. The number of benzene rings is 2. The zero-order valence-corrected chi connectivity index (χ0v) is 17.6. The molecule has 28 heavy (non-hydrogen) atoms. The number of hydrogen-bond acceptors (Lipinski definition) is 5. The van der Waals surface area contributed by atoms with E-state index in [1.54, 1.807) is 48.4 Å². The van der Waals surface area contributed by atoms with Gasteiger partial charge in [-0.3, -0.25) is 4.79 Å². The molecule has 0 radical (unpaired) electrons. The Morgan fingerprint density at radius 3 is 2.43 bits per heavy atom. The highest BCUT2D eigenvalue weighted by Crippen LogP contribution is 2.26. The van der Waals surface area contributed by atoms with E-state index in [9.17, 15) is 13.2 Å². The lowest BCUT2D eigenvalue weighted by molar-refractivity contribution is 0.0789. The van der Waals surface area contributed by atoms with Crippen molar-refractivity contribution in [1.29, 1.82) is 0 Å². The Morgan fingerprint density at radius 1 is 1.14 bits per heavy atom. The monoisotopic (exact) mass is 420 g/mol. The van der Waals surface area contributed by atoms with Crippen LogP contribution in [0, 0.1) is 0 Å². The van der Waals surface area contributed by atoms with Crippen LogP contribution in [0.3, 0.4) is 0 Å². The largest absolute Gasteiger partial charge is 0.497 e. The van der Waals surface area contributed by atoms with Crippen LogP contribution in [0.5, 0.6) is 5.75 Å². The van der Waals surface area contributed by atoms with Crippen LogP contribution in [-0.4, -0.2) is 45.7 Å². The van der Waals surface area contributed by atoms with Gasteiger partial charge in [0, 0.05) is 24.5 Å². The summed E-state index contributed by atoms with van der Waals surface area (Å²) < 4.78 is 33.2. The van der Waals surface area contributed by atoms with Crippen LogP contribution >= 0.6 is 11.8 Å². The Bertz CT molecular complexity index is 937. The first kappa shape index (κ1) is 20.7. The van der Waals surface area contributed by atoms with Crippen molar-refractivity contribution in [3.63, 3.8) is 0 Å². The number of nitrogens with one attached hydrogen (secondary N) is 1. The number of amides is 1. The number of hydrogen-bond donors (Lipinski definition) is 1. The summed E-state index contributed by atoms with van der Waals surface area (Å²) in [6, 6.07) is 11.9.